The highest BCUT2D eigenvalue weighted by atomic mass is 79.9. The molecule has 1 aliphatic rings. The van der Waals surface area contributed by atoms with Gasteiger partial charge in [0.15, 0.2) is 0 Å². The van der Waals surface area contributed by atoms with Crippen molar-refractivity contribution < 1.29 is 14.0 Å². The Kier molecular flexibility index (Phi) is 4.77. The maximum atomic E-state index is 13.8. The van der Waals surface area contributed by atoms with Crippen molar-refractivity contribution in [2.24, 2.45) is 0 Å². The van der Waals surface area contributed by atoms with Gasteiger partial charge in [-0.3, -0.25) is 9.59 Å². The van der Waals surface area contributed by atoms with Crippen LogP contribution in [-0.2, 0) is 22.6 Å². The van der Waals surface area contributed by atoms with Crippen molar-refractivity contribution in [3.05, 3.63) is 46.2 Å². The second-order valence-corrected chi connectivity index (χ2v) is 5.80. The monoisotopic (exact) mass is 354 g/mol. The quantitative estimate of drug-likeness (QED) is 0.780. The smallest absolute Gasteiger partial charge is 0.246 e. The Morgan fingerprint density at radius 2 is 2.19 bits per heavy atom. The maximum Gasteiger partial charge on any atom is 0.246 e. The molecular formula is C15H16BrFN2O2. The van der Waals surface area contributed by atoms with Crippen molar-refractivity contribution >= 4 is 27.7 Å². The zero-order chi connectivity index (χ0) is 15.6. The lowest BCUT2D eigenvalue weighted by atomic mass is 9.99. The SMILES string of the molecule is C=CC(=O)N(C)CC(=O)N1CCc2c(F)ccc(Br)c2C1. The molecule has 2 rings (SSSR count). The maximum absolute atomic E-state index is 13.8. The number of benzene rings is 1. The molecule has 0 saturated heterocycles. The molecule has 6 heteroatoms. The Morgan fingerprint density at radius 3 is 2.86 bits per heavy atom. The van der Waals surface area contributed by atoms with Gasteiger partial charge in [0.1, 0.15) is 5.82 Å². The minimum Gasteiger partial charge on any atom is -0.336 e. The minimum atomic E-state index is -0.298. The Hall–Kier alpha value is -1.69. The Bertz CT molecular complexity index is 604. The third-order valence-corrected chi connectivity index (χ3v) is 4.32. The molecule has 0 spiro atoms. The summed E-state index contributed by atoms with van der Waals surface area (Å²) in [7, 11) is 1.55. The molecule has 0 aromatic heterocycles. The van der Waals surface area contributed by atoms with Gasteiger partial charge in [0, 0.05) is 24.6 Å². The number of amides is 2. The van der Waals surface area contributed by atoms with Crippen LogP contribution in [0.5, 0.6) is 0 Å². The van der Waals surface area contributed by atoms with Crippen LogP contribution in [-0.4, -0.2) is 41.8 Å². The Labute approximate surface area is 131 Å². The molecule has 0 radical (unpaired) electrons. The topological polar surface area (TPSA) is 40.6 Å². The van der Waals surface area contributed by atoms with E-state index >= 15 is 0 Å². The molecule has 1 aromatic rings. The lowest BCUT2D eigenvalue weighted by Crippen LogP contribution is -2.43. The van der Waals surface area contributed by atoms with Crippen LogP contribution >= 0.6 is 15.9 Å². The number of hydrogen-bond acceptors (Lipinski definition) is 2. The van der Waals surface area contributed by atoms with Crippen LogP contribution in [0.25, 0.3) is 0 Å². The van der Waals surface area contributed by atoms with E-state index < -0.39 is 0 Å². The highest BCUT2D eigenvalue weighted by Gasteiger charge is 2.25. The third kappa shape index (κ3) is 3.32. The van der Waals surface area contributed by atoms with Crippen molar-refractivity contribution in [2.75, 3.05) is 20.1 Å². The Balaban J connectivity index is 2.11. The van der Waals surface area contributed by atoms with E-state index in [4.69, 9.17) is 0 Å². The molecule has 0 N–H and O–H groups in total. The summed E-state index contributed by atoms with van der Waals surface area (Å²) >= 11 is 3.40. The first-order valence-electron chi connectivity index (χ1n) is 6.55. The van der Waals surface area contributed by atoms with Crippen LogP contribution in [0.1, 0.15) is 11.1 Å². The number of rotatable bonds is 3. The molecule has 1 aliphatic heterocycles. The van der Waals surface area contributed by atoms with Crippen molar-refractivity contribution in [3.8, 4) is 0 Å². The van der Waals surface area contributed by atoms with Gasteiger partial charge in [0.25, 0.3) is 0 Å². The molecule has 0 saturated carbocycles. The van der Waals surface area contributed by atoms with Gasteiger partial charge in [-0.1, -0.05) is 22.5 Å². The number of hydrogen-bond donors (Lipinski definition) is 0. The van der Waals surface area contributed by atoms with Gasteiger partial charge in [0.05, 0.1) is 6.54 Å². The van der Waals surface area contributed by atoms with E-state index in [1.54, 1.807) is 18.0 Å². The van der Waals surface area contributed by atoms with E-state index in [0.717, 1.165) is 10.0 Å². The number of likely N-dealkylation sites (N-methyl/N-ethyl adjacent to an activating group) is 1. The van der Waals surface area contributed by atoms with Crippen LogP contribution in [0.4, 0.5) is 4.39 Å². The van der Waals surface area contributed by atoms with Crippen LogP contribution < -0.4 is 0 Å². The molecule has 0 atom stereocenters. The average molecular weight is 355 g/mol. The van der Waals surface area contributed by atoms with Gasteiger partial charge < -0.3 is 9.80 Å². The Morgan fingerprint density at radius 1 is 1.48 bits per heavy atom. The first-order chi connectivity index (χ1) is 9.93. The number of fused-ring (bicyclic) bond motifs is 1. The second kappa shape index (κ2) is 6.39. The highest BCUT2D eigenvalue weighted by molar-refractivity contribution is 9.10. The molecule has 2 amide bonds. The van der Waals surface area contributed by atoms with E-state index in [2.05, 4.69) is 22.5 Å². The summed E-state index contributed by atoms with van der Waals surface area (Å²) in [5.74, 6) is -0.693. The lowest BCUT2D eigenvalue weighted by Gasteiger charge is -2.31. The zero-order valence-electron chi connectivity index (χ0n) is 11.7. The van der Waals surface area contributed by atoms with Gasteiger partial charge >= 0.3 is 0 Å². The molecule has 0 fully saturated rings. The first kappa shape index (κ1) is 15.7. The number of carbonyl (C=O) groups is 2. The van der Waals surface area contributed by atoms with E-state index in [1.807, 2.05) is 0 Å². The van der Waals surface area contributed by atoms with Gasteiger partial charge in [-0.05, 0) is 35.8 Å². The highest BCUT2D eigenvalue weighted by Crippen LogP contribution is 2.28. The van der Waals surface area contributed by atoms with Gasteiger partial charge in [-0.15, -0.1) is 0 Å². The van der Waals surface area contributed by atoms with Gasteiger partial charge in [-0.25, -0.2) is 4.39 Å². The molecule has 0 bridgehead atoms. The minimum absolute atomic E-state index is 0.00682. The standard InChI is InChI=1S/C15H16BrFN2O2/c1-3-14(20)18(2)9-15(21)19-7-6-10-11(8-19)12(16)4-5-13(10)17/h3-5H,1,6-9H2,2H3. The molecule has 4 nitrogen and oxygen atoms in total. The van der Waals surface area contributed by atoms with Crippen molar-refractivity contribution in [1.82, 2.24) is 9.80 Å². The zero-order valence-corrected chi connectivity index (χ0v) is 13.3. The van der Waals surface area contributed by atoms with Crippen LogP contribution in [0, 0.1) is 5.82 Å². The lowest BCUT2D eigenvalue weighted by molar-refractivity contribution is -0.137. The first-order valence-corrected chi connectivity index (χ1v) is 7.34. The van der Waals surface area contributed by atoms with Gasteiger partial charge in [0.2, 0.25) is 11.8 Å². The summed E-state index contributed by atoms with van der Waals surface area (Å²) < 4.78 is 14.6. The molecular weight excluding hydrogens is 339 g/mol. The number of carbonyl (C=O) groups excluding carboxylic acids is 2. The van der Waals surface area contributed by atoms with Crippen molar-refractivity contribution in [3.63, 3.8) is 0 Å². The van der Waals surface area contributed by atoms with Crippen molar-refractivity contribution in [1.29, 1.82) is 0 Å². The summed E-state index contributed by atoms with van der Waals surface area (Å²) in [5.41, 5.74) is 1.45. The fourth-order valence-corrected chi connectivity index (χ4v) is 2.84. The van der Waals surface area contributed by atoms with Crippen LogP contribution in [0.15, 0.2) is 29.3 Å². The number of halogens is 2. The fraction of sp³-hybridized carbons (Fsp3) is 0.333. The molecule has 112 valence electrons. The molecule has 21 heavy (non-hydrogen) atoms. The summed E-state index contributed by atoms with van der Waals surface area (Å²) in [6.07, 6.45) is 1.65. The van der Waals surface area contributed by atoms with Gasteiger partial charge in [-0.2, -0.15) is 0 Å². The predicted octanol–water partition coefficient (Wildman–Crippen LogP) is 2.12. The molecule has 1 aromatic carbocycles. The average Bonchev–Trinajstić information content (AvgIpc) is 2.49. The fourth-order valence-electron chi connectivity index (χ4n) is 2.34. The summed E-state index contributed by atoms with van der Waals surface area (Å²) in [6.45, 7) is 4.19. The van der Waals surface area contributed by atoms with E-state index in [0.29, 0.717) is 25.1 Å². The van der Waals surface area contributed by atoms with E-state index in [-0.39, 0.29) is 24.2 Å². The molecule has 0 unspecified atom stereocenters. The van der Waals surface area contributed by atoms with Crippen molar-refractivity contribution in [2.45, 2.75) is 13.0 Å². The largest absolute Gasteiger partial charge is 0.336 e. The predicted molar refractivity (Wildman–Crippen MR) is 81.1 cm³/mol. The molecule has 0 aliphatic carbocycles. The van der Waals surface area contributed by atoms with E-state index in [9.17, 15) is 14.0 Å². The normalized spacial score (nSPS) is 13.6. The van der Waals surface area contributed by atoms with Crippen LogP contribution in [0.2, 0.25) is 0 Å². The second-order valence-electron chi connectivity index (χ2n) is 4.95. The van der Waals surface area contributed by atoms with Crippen LogP contribution in [0.3, 0.4) is 0 Å². The summed E-state index contributed by atoms with van der Waals surface area (Å²) in [6, 6.07) is 3.08. The van der Waals surface area contributed by atoms with E-state index in [1.165, 1.54) is 17.0 Å². The number of nitrogens with zero attached hydrogens (tertiary/aromatic N) is 2. The third-order valence-electron chi connectivity index (χ3n) is 3.57. The molecule has 1 heterocycles. The summed E-state index contributed by atoms with van der Waals surface area (Å²) in [5, 5.41) is 0. The summed E-state index contributed by atoms with van der Waals surface area (Å²) in [4.78, 5) is 26.6.